The molecule has 0 radical (unpaired) electrons. The molecule has 6 heteroatoms. The van der Waals surface area contributed by atoms with Crippen LogP contribution in [0.5, 0.6) is 0 Å². The van der Waals surface area contributed by atoms with Gasteiger partial charge in [0.1, 0.15) is 0 Å². The van der Waals surface area contributed by atoms with Crippen LogP contribution in [0.25, 0.3) is 10.9 Å². The first-order chi connectivity index (χ1) is 13.1. The molecule has 1 aliphatic rings. The van der Waals surface area contributed by atoms with Crippen molar-refractivity contribution in [3.8, 4) is 0 Å². The fourth-order valence-electron chi connectivity index (χ4n) is 3.71. The topological polar surface area (TPSA) is 79.0 Å². The summed E-state index contributed by atoms with van der Waals surface area (Å²) in [7, 11) is 0. The highest BCUT2D eigenvalue weighted by Crippen LogP contribution is 2.23. The normalized spacial score (nSPS) is 14.1. The molecule has 0 saturated carbocycles. The van der Waals surface area contributed by atoms with Crippen LogP contribution in [0.2, 0.25) is 0 Å². The van der Waals surface area contributed by atoms with Gasteiger partial charge in [0, 0.05) is 36.2 Å². The number of carbonyl (C=O) groups excluding carboxylic acids is 1. The molecular formula is C21H22N4O2. The molecule has 27 heavy (non-hydrogen) atoms. The molecule has 0 unspecified atom stereocenters. The maximum atomic E-state index is 13.3. The molecule has 1 N–H and O–H groups in total. The SMILES string of the molecule is CCc1ccc2nc(C)cc(C(=O)N3CCc4nc[nH]c(=O)c4CC3)c2c1. The van der Waals surface area contributed by atoms with E-state index in [0.717, 1.165) is 28.7 Å². The first kappa shape index (κ1) is 17.4. The third kappa shape index (κ3) is 3.23. The number of amides is 1. The van der Waals surface area contributed by atoms with Crippen LogP contribution in [0.3, 0.4) is 0 Å². The minimum absolute atomic E-state index is 0.0111. The van der Waals surface area contributed by atoms with E-state index in [1.807, 2.05) is 24.0 Å². The number of aryl methyl sites for hydroxylation is 2. The summed E-state index contributed by atoms with van der Waals surface area (Å²) in [5.74, 6) is -0.0111. The Kier molecular flexibility index (Phi) is 4.48. The number of H-pyrrole nitrogens is 1. The molecule has 1 aliphatic heterocycles. The molecule has 0 spiro atoms. The van der Waals surface area contributed by atoms with Crippen LogP contribution in [-0.2, 0) is 19.3 Å². The van der Waals surface area contributed by atoms with Gasteiger partial charge in [0.15, 0.2) is 0 Å². The van der Waals surface area contributed by atoms with E-state index >= 15 is 0 Å². The number of pyridine rings is 1. The number of hydrogen-bond acceptors (Lipinski definition) is 4. The fraction of sp³-hybridized carbons (Fsp3) is 0.333. The molecule has 0 fully saturated rings. The Morgan fingerprint density at radius 1 is 1.22 bits per heavy atom. The van der Waals surface area contributed by atoms with Crippen LogP contribution in [0.1, 0.15) is 39.8 Å². The number of aromatic nitrogens is 3. The van der Waals surface area contributed by atoms with Crippen LogP contribution < -0.4 is 5.56 Å². The van der Waals surface area contributed by atoms with Gasteiger partial charge in [0.2, 0.25) is 0 Å². The predicted molar refractivity (Wildman–Crippen MR) is 104 cm³/mol. The lowest BCUT2D eigenvalue weighted by Gasteiger charge is -2.21. The van der Waals surface area contributed by atoms with E-state index in [1.54, 1.807) is 0 Å². The number of carbonyl (C=O) groups is 1. The van der Waals surface area contributed by atoms with Crippen molar-refractivity contribution in [2.24, 2.45) is 0 Å². The van der Waals surface area contributed by atoms with Gasteiger partial charge in [0.05, 0.1) is 23.1 Å². The lowest BCUT2D eigenvalue weighted by atomic mass is 10.0. The van der Waals surface area contributed by atoms with Crippen molar-refractivity contribution < 1.29 is 4.79 Å². The minimum Gasteiger partial charge on any atom is -0.338 e. The highest BCUT2D eigenvalue weighted by molar-refractivity contribution is 6.06. The Labute approximate surface area is 157 Å². The van der Waals surface area contributed by atoms with Crippen molar-refractivity contribution in [2.75, 3.05) is 13.1 Å². The fourth-order valence-corrected chi connectivity index (χ4v) is 3.71. The van der Waals surface area contributed by atoms with E-state index in [1.165, 1.54) is 11.9 Å². The van der Waals surface area contributed by atoms with Crippen LogP contribution in [-0.4, -0.2) is 38.8 Å². The zero-order valence-corrected chi connectivity index (χ0v) is 15.6. The molecule has 1 amide bonds. The summed E-state index contributed by atoms with van der Waals surface area (Å²) < 4.78 is 0. The molecule has 2 aromatic heterocycles. The van der Waals surface area contributed by atoms with E-state index in [0.29, 0.717) is 37.1 Å². The maximum Gasteiger partial charge on any atom is 0.254 e. The lowest BCUT2D eigenvalue weighted by Crippen LogP contribution is -2.33. The van der Waals surface area contributed by atoms with E-state index in [-0.39, 0.29) is 11.5 Å². The van der Waals surface area contributed by atoms with Crippen LogP contribution in [0.15, 0.2) is 35.4 Å². The van der Waals surface area contributed by atoms with Crippen LogP contribution >= 0.6 is 0 Å². The van der Waals surface area contributed by atoms with Crippen molar-refractivity contribution in [3.63, 3.8) is 0 Å². The average molecular weight is 362 g/mol. The molecule has 0 saturated heterocycles. The number of hydrogen-bond donors (Lipinski definition) is 1. The Morgan fingerprint density at radius 3 is 2.85 bits per heavy atom. The van der Waals surface area contributed by atoms with Gasteiger partial charge >= 0.3 is 0 Å². The minimum atomic E-state index is -0.105. The number of aromatic amines is 1. The highest BCUT2D eigenvalue weighted by Gasteiger charge is 2.23. The molecule has 4 rings (SSSR count). The summed E-state index contributed by atoms with van der Waals surface area (Å²) in [6.45, 7) is 5.07. The third-order valence-corrected chi connectivity index (χ3v) is 5.22. The summed E-state index contributed by atoms with van der Waals surface area (Å²) in [4.78, 5) is 38.7. The first-order valence-electron chi connectivity index (χ1n) is 9.32. The Balaban J connectivity index is 1.71. The van der Waals surface area contributed by atoms with Crippen LogP contribution in [0, 0.1) is 6.92 Å². The van der Waals surface area contributed by atoms with Gasteiger partial charge in [-0.3, -0.25) is 14.6 Å². The summed E-state index contributed by atoms with van der Waals surface area (Å²) >= 11 is 0. The summed E-state index contributed by atoms with van der Waals surface area (Å²) in [6.07, 6.45) is 3.45. The number of fused-ring (bicyclic) bond motifs is 2. The van der Waals surface area contributed by atoms with Crippen molar-refractivity contribution >= 4 is 16.8 Å². The van der Waals surface area contributed by atoms with Crippen molar-refractivity contribution in [1.82, 2.24) is 19.9 Å². The first-order valence-corrected chi connectivity index (χ1v) is 9.32. The molecule has 0 aliphatic carbocycles. The summed E-state index contributed by atoms with van der Waals surface area (Å²) in [6, 6.07) is 7.98. The van der Waals surface area contributed by atoms with Gasteiger partial charge in [-0.25, -0.2) is 4.98 Å². The largest absolute Gasteiger partial charge is 0.338 e. The quantitative estimate of drug-likeness (QED) is 0.759. The molecule has 0 bridgehead atoms. The summed E-state index contributed by atoms with van der Waals surface area (Å²) in [5, 5.41) is 0.891. The number of nitrogens with zero attached hydrogens (tertiary/aromatic N) is 3. The second-order valence-electron chi connectivity index (χ2n) is 6.97. The van der Waals surface area contributed by atoms with Gasteiger partial charge in [-0.05, 0) is 43.5 Å². The Bertz CT molecular complexity index is 1090. The zero-order chi connectivity index (χ0) is 19.0. The molecule has 138 valence electrons. The standard InChI is InChI=1S/C21H22N4O2/c1-3-14-4-5-19-16(11-14)17(10-13(2)24-19)21(27)25-8-6-15-18(7-9-25)22-12-23-20(15)26/h4-5,10-12H,3,6-9H2,1-2H3,(H,22,23,26). The van der Waals surface area contributed by atoms with Gasteiger partial charge < -0.3 is 9.88 Å². The number of rotatable bonds is 2. The smallest absolute Gasteiger partial charge is 0.254 e. The third-order valence-electron chi connectivity index (χ3n) is 5.22. The Hall–Kier alpha value is -3.02. The van der Waals surface area contributed by atoms with Gasteiger partial charge in [0.25, 0.3) is 11.5 Å². The monoisotopic (exact) mass is 362 g/mol. The second-order valence-corrected chi connectivity index (χ2v) is 6.97. The molecule has 1 aromatic carbocycles. The molecule has 3 heterocycles. The van der Waals surface area contributed by atoms with Crippen LogP contribution in [0.4, 0.5) is 0 Å². The highest BCUT2D eigenvalue weighted by atomic mass is 16.2. The molecular weight excluding hydrogens is 340 g/mol. The van der Waals surface area contributed by atoms with Gasteiger partial charge in [-0.15, -0.1) is 0 Å². The molecule has 3 aromatic rings. The lowest BCUT2D eigenvalue weighted by molar-refractivity contribution is 0.0764. The van der Waals surface area contributed by atoms with Gasteiger partial charge in [-0.1, -0.05) is 13.0 Å². The number of nitrogens with one attached hydrogen (secondary N) is 1. The Morgan fingerprint density at radius 2 is 2.04 bits per heavy atom. The summed E-state index contributed by atoms with van der Waals surface area (Å²) in [5.41, 5.74) is 4.90. The van der Waals surface area contributed by atoms with E-state index in [9.17, 15) is 9.59 Å². The second kappa shape index (κ2) is 6.95. The maximum absolute atomic E-state index is 13.3. The number of benzene rings is 1. The van der Waals surface area contributed by atoms with Crippen molar-refractivity contribution in [3.05, 3.63) is 69.0 Å². The van der Waals surface area contributed by atoms with Crippen molar-refractivity contribution in [1.29, 1.82) is 0 Å². The van der Waals surface area contributed by atoms with E-state index in [4.69, 9.17) is 0 Å². The van der Waals surface area contributed by atoms with Crippen molar-refractivity contribution in [2.45, 2.75) is 33.1 Å². The average Bonchev–Trinajstić information content (AvgIpc) is 2.90. The van der Waals surface area contributed by atoms with E-state index in [2.05, 4.69) is 34.0 Å². The van der Waals surface area contributed by atoms with Gasteiger partial charge in [-0.2, -0.15) is 0 Å². The predicted octanol–water partition coefficient (Wildman–Crippen LogP) is 2.43. The zero-order valence-electron chi connectivity index (χ0n) is 15.6. The molecule has 6 nitrogen and oxygen atoms in total. The van der Waals surface area contributed by atoms with E-state index < -0.39 is 0 Å². The molecule has 0 atom stereocenters.